The molecule has 0 saturated heterocycles. The highest BCUT2D eigenvalue weighted by Crippen LogP contribution is 2.20. The molecule has 18 heavy (non-hydrogen) atoms. The van der Waals surface area contributed by atoms with Gasteiger partial charge in [-0.25, -0.2) is 4.98 Å². The van der Waals surface area contributed by atoms with Crippen molar-refractivity contribution in [1.29, 1.82) is 0 Å². The molecule has 0 aliphatic heterocycles. The van der Waals surface area contributed by atoms with E-state index in [2.05, 4.69) is 29.0 Å². The molecule has 2 rings (SSSR count). The predicted octanol–water partition coefficient (Wildman–Crippen LogP) is 4.04. The number of H-pyrrole nitrogens is 1. The van der Waals surface area contributed by atoms with Gasteiger partial charge in [0.2, 0.25) is 0 Å². The van der Waals surface area contributed by atoms with E-state index < -0.39 is 0 Å². The summed E-state index contributed by atoms with van der Waals surface area (Å²) < 4.78 is 5.70. The first-order chi connectivity index (χ1) is 8.90. The molecule has 0 saturated carbocycles. The molecule has 0 fully saturated rings. The maximum absolute atomic E-state index is 5.70. The van der Waals surface area contributed by atoms with E-state index in [4.69, 9.17) is 4.74 Å². The Morgan fingerprint density at radius 3 is 2.61 bits per heavy atom. The molecule has 1 N–H and O–H groups in total. The number of hydrogen-bond acceptors (Lipinski definition) is 2. The van der Waals surface area contributed by atoms with E-state index in [-0.39, 0.29) is 0 Å². The molecule has 96 valence electrons. The average Bonchev–Trinajstić information content (AvgIpc) is 2.93. The zero-order valence-electron chi connectivity index (χ0n) is 10.9. The molecule has 3 nitrogen and oxygen atoms in total. The minimum absolute atomic E-state index is 0.809. The summed E-state index contributed by atoms with van der Waals surface area (Å²) in [5.41, 5.74) is 2.16. The molecule has 1 aromatic heterocycles. The second-order valence-corrected chi connectivity index (χ2v) is 4.40. The second kappa shape index (κ2) is 6.84. The molecule has 3 heteroatoms. The van der Waals surface area contributed by atoms with Gasteiger partial charge >= 0.3 is 0 Å². The van der Waals surface area contributed by atoms with E-state index in [1.807, 2.05) is 18.3 Å². The number of aromatic nitrogens is 2. The van der Waals surface area contributed by atoms with Crippen molar-refractivity contribution >= 4 is 0 Å². The Hall–Kier alpha value is -1.77. The van der Waals surface area contributed by atoms with Crippen molar-refractivity contribution in [3.63, 3.8) is 0 Å². The Morgan fingerprint density at radius 1 is 1.11 bits per heavy atom. The maximum atomic E-state index is 5.70. The third-order valence-electron chi connectivity index (χ3n) is 2.93. The van der Waals surface area contributed by atoms with Crippen LogP contribution in [0.25, 0.3) is 11.3 Å². The van der Waals surface area contributed by atoms with Crippen LogP contribution in [0.2, 0.25) is 0 Å². The summed E-state index contributed by atoms with van der Waals surface area (Å²) in [5.74, 6) is 0.940. The quantitative estimate of drug-likeness (QED) is 0.746. The number of nitrogens with one attached hydrogen (secondary N) is 1. The first-order valence-electron chi connectivity index (χ1n) is 6.62. The Morgan fingerprint density at radius 2 is 1.94 bits per heavy atom. The molecule has 0 aliphatic rings. The van der Waals surface area contributed by atoms with Crippen LogP contribution in [0.3, 0.4) is 0 Å². The molecule has 0 spiro atoms. The van der Waals surface area contributed by atoms with Crippen LogP contribution in [0.5, 0.6) is 5.75 Å². The molecule has 0 atom stereocenters. The fraction of sp³-hybridized carbons (Fsp3) is 0.400. The summed E-state index contributed by atoms with van der Waals surface area (Å²) in [6.07, 6.45) is 8.45. The molecular formula is C15H20N2O. The number of unbranched alkanes of at least 4 members (excludes halogenated alkanes) is 3. The van der Waals surface area contributed by atoms with Crippen LogP contribution in [0.4, 0.5) is 0 Å². The van der Waals surface area contributed by atoms with E-state index >= 15 is 0 Å². The fourth-order valence-electron chi connectivity index (χ4n) is 1.86. The summed E-state index contributed by atoms with van der Waals surface area (Å²) in [4.78, 5) is 7.10. The standard InChI is InChI=1S/C15H20N2O/c1-2-3-4-5-10-18-14-8-6-13(7-9-14)15-11-16-12-17-15/h6-9,11-12H,2-5,10H2,1H3,(H,16,17). The van der Waals surface area contributed by atoms with E-state index in [0.29, 0.717) is 0 Å². The highest BCUT2D eigenvalue weighted by molar-refractivity contribution is 5.58. The van der Waals surface area contributed by atoms with E-state index in [1.54, 1.807) is 6.33 Å². The van der Waals surface area contributed by atoms with E-state index in [9.17, 15) is 0 Å². The fourth-order valence-corrected chi connectivity index (χ4v) is 1.86. The number of rotatable bonds is 7. The lowest BCUT2D eigenvalue weighted by atomic mass is 10.1. The summed E-state index contributed by atoms with van der Waals surface area (Å²) in [5, 5.41) is 0. The van der Waals surface area contributed by atoms with Gasteiger partial charge in [0.1, 0.15) is 5.75 Å². The molecule has 0 amide bonds. The van der Waals surface area contributed by atoms with Gasteiger partial charge in [-0.3, -0.25) is 0 Å². The van der Waals surface area contributed by atoms with Gasteiger partial charge in [-0.15, -0.1) is 0 Å². The maximum Gasteiger partial charge on any atom is 0.119 e. The van der Waals surface area contributed by atoms with Crippen molar-refractivity contribution < 1.29 is 4.74 Å². The SMILES string of the molecule is CCCCCCOc1ccc(-c2cnc[nH]2)cc1. The third kappa shape index (κ3) is 3.62. The van der Waals surface area contributed by atoms with Gasteiger partial charge in [-0.1, -0.05) is 26.2 Å². The largest absolute Gasteiger partial charge is 0.494 e. The molecule has 1 heterocycles. The first-order valence-corrected chi connectivity index (χ1v) is 6.62. The van der Waals surface area contributed by atoms with Gasteiger partial charge in [0.25, 0.3) is 0 Å². The van der Waals surface area contributed by atoms with Crippen molar-refractivity contribution in [1.82, 2.24) is 9.97 Å². The molecule has 0 bridgehead atoms. The number of benzene rings is 1. The van der Waals surface area contributed by atoms with Crippen molar-refractivity contribution in [2.24, 2.45) is 0 Å². The number of nitrogens with zero attached hydrogens (tertiary/aromatic N) is 1. The summed E-state index contributed by atoms with van der Waals surface area (Å²) >= 11 is 0. The lowest BCUT2D eigenvalue weighted by Crippen LogP contribution is -1.96. The molecule has 2 aromatic rings. The topological polar surface area (TPSA) is 37.9 Å². The van der Waals surface area contributed by atoms with Gasteiger partial charge in [0.05, 0.1) is 24.8 Å². The normalized spacial score (nSPS) is 10.5. The number of aromatic amines is 1. The summed E-state index contributed by atoms with van der Waals surface area (Å²) in [7, 11) is 0. The zero-order valence-corrected chi connectivity index (χ0v) is 10.9. The molecule has 0 aliphatic carbocycles. The minimum Gasteiger partial charge on any atom is -0.494 e. The van der Waals surface area contributed by atoms with E-state index in [1.165, 1.54) is 19.3 Å². The Labute approximate surface area is 108 Å². The smallest absolute Gasteiger partial charge is 0.119 e. The van der Waals surface area contributed by atoms with Crippen molar-refractivity contribution in [2.75, 3.05) is 6.61 Å². The highest BCUT2D eigenvalue weighted by Gasteiger charge is 1.99. The Balaban J connectivity index is 1.81. The average molecular weight is 244 g/mol. The Kier molecular flexibility index (Phi) is 4.82. The molecular weight excluding hydrogens is 224 g/mol. The number of hydrogen-bond donors (Lipinski definition) is 1. The van der Waals surface area contributed by atoms with Gasteiger partial charge < -0.3 is 9.72 Å². The summed E-state index contributed by atoms with van der Waals surface area (Å²) in [6.45, 7) is 3.03. The molecule has 0 radical (unpaired) electrons. The number of ether oxygens (including phenoxy) is 1. The molecule has 1 aromatic carbocycles. The second-order valence-electron chi connectivity index (χ2n) is 4.40. The lowest BCUT2D eigenvalue weighted by Gasteiger charge is -2.06. The van der Waals surface area contributed by atoms with Crippen molar-refractivity contribution in [3.05, 3.63) is 36.8 Å². The van der Waals surface area contributed by atoms with Crippen molar-refractivity contribution in [3.8, 4) is 17.0 Å². The number of imidazole rings is 1. The minimum atomic E-state index is 0.809. The van der Waals surface area contributed by atoms with Crippen LogP contribution in [-0.4, -0.2) is 16.6 Å². The zero-order chi connectivity index (χ0) is 12.6. The van der Waals surface area contributed by atoms with Gasteiger partial charge in [-0.2, -0.15) is 0 Å². The van der Waals surface area contributed by atoms with Gasteiger partial charge in [0.15, 0.2) is 0 Å². The van der Waals surface area contributed by atoms with Crippen LogP contribution in [0.1, 0.15) is 32.6 Å². The monoisotopic (exact) mass is 244 g/mol. The van der Waals surface area contributed by atoms with E-state index in [0.717, 1.165) is 30.0 Å². The van der Waals surface area contributed by atoms with Crippen LogP contribution in [-0.2, 0) is 0 Å². The summed E-state index contributed by atoms with van der Waals surface area (Å²) in [6, 6.07) is 8.12. The van der Waals surface area contributed by atoms with Crippen molar-refractivity contribution in [2.45, 2.75) is 32.6 Å². The predicted molar refractivity (Wildman–Crippen MR) is 73.7 cm³/mol. The first kappa shape index (κ1) is 12.7. The molecule has 0 unspecified atom stereocenters. The van der Waals surface area contributed by atoms with Crippen LogP contribution in [0, 0.1) is 0 Å². The third-order valence-corrected chi connectivity index (χ3v) is 2.93. The van der Waals surface area contributed by atoms with Crippen LogP contribution >= 0.6 is 0 Å². The Bertz CT molecular complexity index is 434. The highest BCUT2D eigenvalue weighted by atomic mass is 16.5. The van der Waals surface area contributed by atoms with Gasteiger partial charge in [0, 0.05) is 0 Å². The van der Waals surface area contributed by atoms with Crippen LogP contribution in [0.15, 0.2) is 36.8 Å². The lowest BCUT2D eigenvalue weighted by molar-refractivity contribution is 0.305. The van der Waals surface area contributed by atoms with Gasteiger partial charge in [-0.05, 0) is 36.2 Å². The van der Waals surface area contributed by atoms with Crippen LogP contribution < -0.4 is 4.74 Å².